The number of hydrogen-bond acceptors (Lipinski definition) is 4. The maximum atomic E-state index is 11.5. The Labute approximate surface area is 113 Å². The molecule has 19 heavy (non-hydrogen) atoms. The Morgan fingerprint density at radius 1 is 1.42 bits per heavy atom. The molecule has 1 aromatic rings. The quantitative estimate of drug-likeness (QED) is 0.886. The van der Waals surface area contributed by atoms with Crippen LogP contribution in [0.1, 0.15) is 18.1 Å². The summed E-state index contributed by atoms with van der Waals surface area (Å²) >= 11 is 0. The molecule has 1 aromatic carbocycles. The first-order chi connectivity index (χ1) is 9.24. The minimum atomic E-state index is -0.397. The lowest BCUT2D eigenvalue weighted by molar-refractivity contribution is 0.147. The summed E-state index contributed by atoms with van der Waals surface area (Å²) in [4.78, 5) is 13.8. The molecule has 0 saturated carbocycles. The SMILES string of the molecule is CCOC(=O)Nc1cccc2c1CN(CCOC)C2. The number of hydrogen-bond donors (Lipinski definition) is 1. The highest BCUT2D eigenvalue weighted by atomic mass is 16.5. The molecule has 0 unspecified atom stereocenters. The van der Waals surface area contributed by atoms with E-state index in [0.717, 1.165) is 25.3 Å². The maximum absolute atomic E-state index is 11.5. The molecular formula is C14H20N2O3. The third-order valence-electron chi connectivity index (χ3n) is 3.17. The van der Waals surface area contributed by atoms with Crippen LogP contribution in [-0.4, -0.2) is 37.9 Å². The molecule has 0 fully saturated rings. The zero-order valence-electron chi connectivity index (χ0n) is 11.4. The summed E-state index contributed by atoms with van der Waals surface area (Å²) < 4.78 is 10.0. The molecule has 5 heteroatoms. The van der Waals surface area contributed by atoms with E-state index in [1.165, 1.54) is 11.1 Å². The lowest BCUT2D eigenvalue weighted by atomic mass is 10.1. The number of ether oxygens (including phenoxy) is 2. The lowest BCUT2D eigenvalue weighted by Gasteiger charge is -2.13. The van der Waals surface area contributed by atoms with Crippen molar-refractivity contribution in [1.29, 1.82) is 0 Å². The van der Waals surface area contributed by atoms with Gasteiger partial charge in [-0.05, 0) is 24.1 Å². The van der Waals surface area contributed by atoms with E-state index in [1.54, 1.807) is 14.0 Å². The molecule has 2 rings (SSSR count). The number of nitrogens with one attached hydrogen (secondary N) is 1. The topological polar surface area (TPSA) is 50.8 Å². The zero-order chi connectivity index (χ0) is 13.7. The molecule has 1 amide bonds. The van der Waals surface area contributed by atoms with Crippen LogP contribution in [0.3, 0.4) is 0 Å². The summed E-state index contributed by atoms with van der Waals surface area (Å²) in [5.74, 6) is 0. The van der Waals surface area contributed by atoms with E-state index in [1.807, 2.05) is 12.1 Å². The van der Waals surface area contributed by atoms with Gasteiger partial charge in [-0.1, -0.05) is 12.1 Å². The molecule has 0 atom stereocenters. The third-order valence-corrected chi connectivity index (χ3v) is 3.17. The Bertz CT molecular complexity index is 448. The molecule has 0 bridgehead atoms. The summed E-state index contributed by atoms with van der Waals surface area (Å²) in [6.07, 6.45) is -0.397. The largest absolute Gasteiger partial charge is 0.450 e. The molecule has 0 aliphatic carbocycles. The summed E-state index contributed by atoms with van der Waals surface area (Å²) in [6, 6.07) is 5.97. The van der Waals surface area contributed by atoms with Crippen LogP contribution < -0.4 is 5.32 Å². The average molecular weight is 264 g/mol. The van der Waals surface area contributed by atoms with Crippen LogP contribution in [0.15, 0.2) is 18.2 Å². The second-order valence-corrected chi connectivity index (χ2v) is 4.49. The molecule has 1 aliphatic rings. The molecule has 1 heterocycles. The van der Waals surface area contributed by atoms with Crippen LogP contribution in [0, 0.1) is 0 Å². The van der Waals surface area contributed by atoms with Crippen molar-refractivity contribution < 1.29 is 14.3 Å². The van der Waals surface area contributed by atoms with Crippen LogP contribution >= 0.6 is 0 Å². The Morgan fingerprint density at radius 2 is 2.26 bits per heavy atom. The number of nitrogens with zero attached hydrogens (tertiary/aromatic N) is 1. The van der Waals surface area contributed by atoms with E-state index in [2.05, 4.69) is 16.3 Å². The Morgan fingerprint density at radius 3 is 3.00 bits per heavy atom. The highest BCUT2D eigenvalue weighted by Gasteiger charge is 2.21. The number of benzene rings is 1. The predicted octanol–water partition coefficient (Wildman–Crippen LogP) is 2.22. The van der Waals surface area contributed by atoms with Crippen molar-refractivity contribution >= 4 is 11.8 Å². The van der Waals surface area contributed by atoms with Gasteiger partial charge in [-0.15, -0.1) is 0 Å². The number of anilines is 1. The minimum Gasteiger partial charge on any atom is -0.450 e. The van der Waals surface area contributed by atoms with Crippen molar-refractivity contribution in [2.45, 2.75) is 20.0 Å². The average Bonchev–Trinajstić information content (AvgIpc) is 2.80. The van der Waals surface area contributed by atoms with Gasteiger partial charge in [0, 0.05) is 32.4 Å². The molecule has 104 valence electrons. The highest BCUT2D eigenvalue weighted by Crippen LogP contribution is 2.29. The number of methoxy groups -OCH3 is 1. The van der Waals surface area contributed by atoms with Gasteiger partial charge in [0.05, 0.1) is 13.2 Å². The van der Waals surface area contributed by atoms with E-state index in [4.69, 9.17) is 9.47 Å². The first kappa shape index (κ1) is 13.8. The van der Waals surface area contributed by atoms with Gasteiger partial charge in [0.15, 0.2) is 0 Å². The third kappa shape index (κ3) is 3.45. The fraction of sp³-hybridized carbons (Fsp3) is 0.500. The summed E-state index contributed by atoms with van der Waals surface area (Å²) in [5.41, 5.74) is 3.27. The number of fused-ring (bicyclic) bond motifs is 1. The fourth-order valence-corrected chi connectivity index (χ4v) is 2.26. The van der Waals surface area contributed by atoms with E-state index in [0.29, 0.717) is 13.2 Å². The predicted molar refractivity (Wildman–Crippen MR) is 73.1 cm³/mol. The first-order valence-electron chi connectivity index (χ1n) is 6.50. The number of carbonyl (C=O) groups excluding carboxylic acids is 1. The van der Waals surface area contributed by atoms with E-state index in [9.17, 15) is 4.79 Å². The molecule has 0 saturated heterocycles. The van der Waals surface area contributed by atoms with Gasteiger partial charge in [-0.2, -0.15) is 0 Å². The van der Waals surface area contributed by atoms with E-state index >= 15 is 0 Å². The number of carbonyl (C=O) groups is 1. The second-order valence-electron chi connectivity index (χ2n) is 4.49. The van der Waals surface area contributed by atoms with Crippen molar-refractivity contribution in [3.05, 3.63) is 29.3 Å². The van der Waals surface area contributed by atoms with E-state index < -0.39 is 6.09 Å². The normalized spacial score (nSPS) is 14.2. The minimum absolute atomic E-state index is 0.376. The fourth-order valence-electron chi connectivity index (χ4n) is 2.26. The van der Waals surface area contributed by atoms with Gasteiger partial charge in [-0.25, -0.2) is 4.79 Å². The van der Waals surface area contributed by atoms with Crippen molar-refractivity contribution in [3.8, 4) is 0 Å². The molecule has 5 nitrogen and oxygen atoms in total. The van der Waals surface area contributed by atoms with Crippen molar-refractivity contribution in [2.24, 2.45) is 0 Å². The van der Waals surface area contributed by atoms with Crippen LogP contribution in [0.4, 0.5) is 10.5 Å². The zero-order valence-corrected chi connectivity index (χ0v) is 11.4. The molecule has 0 radical (unpaired) electrons. The summed E-state index contributed by atoms with van der Waals surface area (Å²) in [5, 5.41) is 2.80. The van der Waals surface area contributed by atoms with Gasteiger partial charge in [0.1, 0.15) is 0 Å². The van der Waals surface area contributed by atoms with Gasteiger partial charge < -0.3 is 9.47 Å². The van der Waals surface area contributed by atoms with Gasteiger partial charge >= 0.3 is 6.09 Å². The first-order valence-corrected chi connectivity index (χ1v) is 6.50. The van der Waals surface area contributed by atoms with Crippen molar-refractivity contribution in [2.75, 3.05) is 32.2 Å². The second kappa shape index (κ2) is 6.54. The molecule has 1 N–H and O–H groups in total. The lowest BCUT2D eigenvalue weighted by Crippen LogP contribution is -2.21. The van der Waals surface area contributed by atoms with Gasteiger partial charge in [0.25, 0.3) is 0 Å². The van der Waals surface area contributed by atoms with Crippen molar-refractivity contribution in [3.63, 3.8) is 0 Å². The monoisotopic (exact) mass is 264 g/mol. The van der Waals surface area contributed by atoms with Crippen LogP contribution in [0.25, 0.3) is 0 Å². The Balaban J connectivity index is 2.05. The molecule has 0 spiro atoms. The highest BCUT2D eigenvalue weighted by molar-refractivity contribution is 5.86. The summed E-state index contributed by atoms with van der Waals surface area (Å²) in [6.45, 7) is 5.51. The van der Waals surface area contributed by atoms with Crippen LogP contribution in [-0.2, 0) is 22.6 Å². The van der Waals surface area contributed by atoms with Gasteiger partial charge in [-0.3, -0.25) is 10.2 Å². The number of amides is 1. The molecule has 1 aliphatic heterocycles. The number of rotatable bonds is 5. The maximum Gasteiger partial charge on any atom is 0.411 e. The van der Waals surface area contributed by atoms with Gasteiger partial charge in [0.2, 0.25) is 0 Å². The summed E-state index contributed by atoms with van der Waals surface area (Å²) in [7, 11) is 1.71. The Hall–Kier alpha value is -1.59. The smallest absolute Gasteiger partial charge is 0.411 e. The standard InChI is InChI=1S/C14H20N2O3/c1-3-19-14(17)15-13-6-4-5-11-9-16(7-8-18-2)10-12(11)13/h4-6H,3,7-10H2,1-2H3,(H,15,17). The molecule has 0 aromatic heterocycles. The molecular weight excluding hydrogens is 244 g/mol. The van der Waals surface area contributed by atoms with Crippen molar-refractivity contribution in [1.82, 2.24) is 4.90 Å². The van der Waals surface area contributed by atoms with Crippen LogP contribution in [0.5, 0.6) is 0 Å². The van der Waals surface area contributed by atoms with Crippen LogP contribution in [0.2, 0.25) is 0 Å². The Kier molecular flexibility index (Phi) is 4.76. The van der Waals surface area contributed by atoms with E-state index in [-0.39, 0.29) is 0 Å².